The number of benzene rings is 1. The van der Waals surface area contributed by atoms with Crippen LogP contribution in [0.3, 0.4) is 0 Å². The van der Waals surface area contributed by atoms with Crippen LogP contribution in [-0.2, 0) is 10.2 Å². The quantitative estimate of drug-likeness (QED) is 0.640. The molecule has 3 rings (SSSR count). The van der Waals surface area contributed by atoms with Crippen LogP contribution in [0.15, 0.2) is 41.5 Å². The Balaban J connectivity index is 0.000000381. The highest BCUT2D eigenvalue weighted by molar-refractivity contribution is 5.89. The Labute approximate surface area is 166 Å². The zero-order chi connectivity index (χ0) is 20.8. The third-order valence-corrected chi connectivity index (χ3v) is 6.29. The van der Waals surface area contributed by atoms with Gasteiger partial charge in [-0.25, -0.2) is 0 Å². The molecule has 1 atom stereocenters. The standard InChI is InChI=1S/C18H24O.C6H10.CH4O/c1-12-9-10-18(16(5)19,11-14(12)3)17-8-6-7-13(2)15(17)4;1-5(2)6-3-4-6;1-2/h6-8H,9-11H2,1-5H3;6H,1,3-4H2,2H3;2H,1H3. The number of ketones is 1. The topological polar surface area (TPSA) is 37.3 Å². The molecule has 1 fully saturated rings. The first-order valence-corrected chi connectivity index (χ1v) is 10.0. The van der Waals surface area contributed by atoms with E-state index in [9.17, 15) is 4.79 Å². The number of rotatable bonds is 3. The maximum atomic E-state index is 12.4. The van der Waals surface area contributed by atoms with E-state index >= 15 is 0 Å². The lowest BCUT2D eigenvalue weighted by molar-refractivity contribution is -0.122. The van der Waals surface area contributed by atoms with Gasteiger partial charge in [-0.05, 0) is 96.3 Å². The fourth-order valence-electron chi connectivity index (χ4n) is 3.87. The molecule has 27 heavy (non-hydrogen) atoms. The molecule has 0 bridgehead atoms. The number of aliphatic hydroxyl groups is 1. The number of aliphatic hydroxyl groups excluding tert-OH is 1. The maximum absolute atomic E-state index is 12.4. The zero-order valence-electron chi connectivity index (χ0n) is 18.4. The first-order chi connectivity index (χ1) is 12.7. The van der Waals surface area contributed by atoms with Crippen molar-refractivity contribution in [2.45, 2.75) is 79.1 Å². The molecular weight excluding hydrogens is 332 g/mol. The van der Waals surface area contributed by atoms with E-state index in [0.29, 0.717) is 5.78 Å². The van der Waals surface area contributed by atoms with Gasteiger partial charge in [-0.2, -0.15) is 0 Å². The first-order valence-electron chi connectivity index (χ1n) is 10.0. The van der Waals surface area contributed by atoms with Crippen LogP contribution in [0.1, 0.15) is 76.5 Å². The van der Waals surface area contributed by atoms with E-state index in [2.05, 4.69) is 59.4 Å². The molecule has 2 aliphatic carbocycles. The minimum Gasteiger partial charge on any atom is -0.400 e. The van der Waals surface area contributed by atoms with Crippen molar-refractivity contribution in [3.8, 4) is 0 Å². The molecule has 1 N–H and O–H groups in total. The van der Waals surface area contributed by atoms with Gasteiger partial charge in [0.25, 0.3) is 0 Å². The van der Waals surface area contributed by atoms with Crippen LogP contribution in [-0.4, -0.2) is 18.0 Å². The van der Waals surface area contributed by atoms with Gasteiger partial charge in [-0.1, -0.05) is 41.5 Å². The SMILES string of the molecule is C=C(C)C1CC1.CC(=O)C1(c2cccc(C)c2C)CCC(C)=C(C)C1.CO. The van der Waals surface area contributed by atoms with Gasteiger partial charge in [0.05, 0.1) is 5.41 Å². The van der Waals surface area contributed by atoms with Crippen molar-refractivity contribution >= 4 is 5.78 Å². The lowest BCUT2D eigenvalue weighted by atomic mass is 9.64. The molecule has 2 aliphatic rings. The number of aryl methyl sites for hydroxylation is 1. The summed E-state index contributed by atoms with van der Waals surface area (Å²) in [4.78, 5) is 12.4. The zero-order valence-corrected chi connectivity index (χ0v) is 18.4. The highest BCUT2D eigenvalue weighted by Gasteiger charge is 2.40. The fraction of sp³-hybridized carbons (Fsp3) is 0.560. The number of carbonyl (C=O) groups excluding carboxylic acids is 1. The van der Waals surface area contributed by atoms with E-state index < -0.39 is 0 Å². The molecule has 2 heteroatoms. The molecule has 0 aliphatic heterocycles. The first kappa shape index (κ1) is 23.4. The summed E-state index contributed by atoms with van der Waals surface area (Å²) in [6, 6.07) is 6.37. The van der Waals surface area contributed by atoms with Gasteiger partial charge in [0.1, 0.15) is 5.78 Å². The van der Waals surface area contributed by atoms with E-state index in [4.69, 9.17) is 5.11 Å². The van der Waals surface area contributed by atoms with E-state index in [-0.39, 0.29) is 5.41 Å². The van der Waals surface area contributed by atoms with Crippen LogP contribution in [0, 0.1) is 19.8 Å². The van der Waals surface area contributed by atoms with Crippen molar-refractivity contribution in [3.05, 3.63) is 58.2 Å². The number of carbonyl (C=O) groups is 1. The number of hydrogen-bond acceptors (Lipinski definition) is 2. The molecule has 0 amide bonds. The molecule has 0 aromatic heterocycles. The number of allylic oxidation sites excluding steroid dienone is 3. The Bertz CT molecular complexity index is 707. The van der Waals surface area contributed by atoms with Crippen molar-refractivity contribution in [2.24, 2.45) is 5.92 Å². The Morgan fingerprint density at radius 1 is 1.07 bits per heavy atom. The lowest BCUT2D eigenvalue weighted by Crippen LogP contribution is -2.37. The van der Waals surface area contributed by atoms with Crippen molar-refractivity contribution < 1.29 is 9.90 Å². The lowest BCUT2D eigenvalue weighted by Gasteiger charge is -2.38. The Morgan fingerprint density at radius 3 is 2.07 bits per heavy atom. The van der Waals surface area contributed by atoms with Crippen LogP contribution in [0.25, 0.3) is 0 Å². The number of Topliss-reactive ketones (excluding diaryl/α,β-unsaturated/α-hetero) is 1. The second kappa shape index (κ2) is 10.0. The van der Waals surface area contributed by atoms with Gasteiger partial charge in [-0.15, -0.1) is 0 Å². The van der Waals surface area contributed by atoms with Crippen LogP contribution in [0.5, 0.6) is 0 Å². The Kier molecular flexibility index (Phi) is 8.68. The Morgan fingerprint density at radius 2 is 1.67 bits per heavy atom. The molecule has 150 valence electrons. The summed E-state index contributed by atoms with van der Waals surface area (Å²) in [5.41, 5.74) is 7.73. The van der Waals surface area contributed by atoms with Gasteiger partial charge < -0.3 is 5.11 Å². The monoisotopic (exact) mass is 370 g/mol. The smallest absolute Gasteiger partial charge is 0.140 e. The van der Waals surface area contributed by atoms with Crippen LogP contribution >= 0.6 is 0 Å². The van der Waals surface area contributed by atoms with Gasteiger partial charge in [0.15, 0.2) is 0 Å². The van der Waals surface area contributed by atoms with E-state index in [1.165, 1.54) is 46.3 Å². The van der Waals surface area contributed by atoms with E-state index in [0.717, 1.165) is 32.3 Å². The van der Waals surface area contributed by atoms with Gasteiger partial charge in [0, 0.05) is 7.11 Å². The van der Waals surface area contributed by atoms with Crippen LogP contribution in [0.2, 0.25) is 0 Å². The molecule has 0 spiro atoms. The molecular formula is C25H38O2. The molecule has 1 aromatic rings. The van der Waals surface area contributed by atoms with Crippen molar-refractivity contribution in [2.75, 3.05) is 7.11 Å². The minimum absolute atomic E-state index is 0.292. The highest BCUT2D eigenvalue weighted by atomic mass is 16.2. The normalized spacial score (nSPS) is 21.5. The molecule has 1 aromatic carbocycles. The summed E-state index contributed by atoms with van der Waals surface area (Å²) >= 11 is 0. The fourth-order valence-corrected chi connectivity index (χ4v) is 3.87. The molecule has 0 radical (unpaired) electrons. The van der Waals surface area contributed by atoms with Crippen molar-refractivity contribution in [3.63, 3.8) is 0 Å². The maximum Gasteiger partial charge on any atom is 0.140 e. The highest BCUT2D eigenvalue weighted by Crippen LogP contribution is 2.44. The predicted molar refractivity (Wildman–Crippen MR) is 116 cm³/mol. The second-order valence-corrected chi connectivity index (χ2v) is 8.24. The van der Waals surface area contributed by atoms with Crippen molar-refractivity contribution in [1.82, 2.24) is 0 Å². The van der Waals surface area contributed by atoms with Crippen LogP contribution < -0.4 is 0 Å². The molecule has 1 unspecified atom stereocenters. The van der Waals surface area contributed by atoms with Gasteiger partial charge in [-0.3, -0.25) is 4.79 Å². The largest absolute Gasteiger partial charge is 0.400 e. The molecule has 1 saturated carbocycles. The summed E-state index contributed by atoms with van der Waals surface area (Å²) in [6.07, 6.45) is 5.68. The minimum atomic E-state index is -0.292. The summed E-state index contributed by atoms with van der Waals surface area (Å²) in [7, 11) is 1.00. The summed E-state index contributed by atoms with van der Waals surface area (Å²) < 4.78 is 0. The third kappa shape index (κ3) is 5.65. The average molecular weight is 371 g/mol. The predicted octanol–water partition coefficient (Wildman–Crippen LogP) is 6.23. The average Bonchev–Trinajstić information content (AvgIpc) is 3.47. The second-order valence-electron chi connectivity index (χ2n) is 8.24. The summed E-state index contributed by atoms with van der Waals surface area (Å²) in [5.74, 6) is 1.22. The summed E-state index contributed by atoms with van der Waals surface area (Å²) in [6.45, 7) is 16.3. The molecule has 0 saturated heterocycles. The molecule has 0 heterocycles. The van der Waals surface area contributed by atoms with Crippen molar-refractivity contribution in [1.29, 1.82) is 0 Å². The third-order valence-electron chi connectivity index (χ3n) is 6.29. The van der Waals surface area contributed by atoms with E-state index in [1.54, 1.807) is 6.92 Å². The number of hydrogen-bond donors (Lipinski definition) is 1. The van der Waals surface area contributed by atoms with Crippen LogP contribution in [0.4, 0.5) is 0 Å². The van der Waals surface area contributed by atoms with Gasteiger partial charge >= 0.3 is 0 Å². The Hall–Kier alpha value is -1.67. The van der Waals surface area contributed by atoms with Gasteiger partial charge in [0.2, 0.25) is 0 Å². The van der Waals surface area contributed by atoms with E-state index in [1.807, 2.05) is 0 Å². The summed E-state index contributed by atoms with van der Waals surface area (Å²) in [5, 5.41) is 7.00. The molecule has 2 nitrogen and oxygen atoms in total.